The minimum atomic E-state index is -4.76. The van der Waals surface area contributed by atoms with E-state index in [0.29, 0.717) is 36.7 Å². The normalized spacial score (nSPS) is 23.3. The van der Waals surface area contributed by atoms with Crippen molar-refractivity contribution in [1.82, 2.24) is 14.9 Å². The van der Waals surface area contributed by atoms with Crippen molar-refractivity contribution in [2.24, 2.45) is 5.92 Å². The van der Waals surface area contributed by atoms with Crippen LogP contribution in [0.1, 0.15) is 24.0 Å². The number of nitriles is 1. The summed E-state index contributed by atoms with van der Waals surface area (Å²) < 4.78 is 40.9. The van der Waals surface area contributed by atoms with Crippen LogP contribution in [0.5, 0.6) is 5.75 Å². The molecule has 2 N–H and O–H groups in total. The SMILES string of the molecule is Cc1nc2c(s1)N(C)C(O)C(C#N)=C2N1CC[C@@H](Nc2ccc(OC(F)(F)F)cn2)[C@@H](C)C1. The van der Waals surface area contributed by atoms with Crippen molar-refractivity contribution in [1.29, 1.82) is 5.26 Å². The predicted molar refractivity (Wildman–Crippen MR) is 117 cm³/mol. The van der Waals surface area contributed by atoms with Gasteiger partial charge < -0.3 is 25.0 Å². The highest BCUT2D eigenvalue weighted by Crippen LogP contribution is 2.42. The molecule has 0 amide bonds. The summed E-state index contributed by atoms with van der Waals surface area (Å²) in [5.41, 5.74) is 1.65. The molecule has 1 fully saturated rings. The van der Waals surface area contributed by atoms with Gasteiger partial charge in [0, 0.05) is 26.2 Å². The Kier molecular flexibility index (Phi) is 6.11. The van der Waals surface area contributed by atoms with Crippen LogP contribution in [0, 0.1) is 24.2 Å². The molecule has 0 spiro atoms. The van der Waals surface area contributed by atoms with Gasteiger partial charge in [-0.3, -0.25) is 0 Å². The minimum Gasteiger partial charge on any atom is -0.404 e. The maximum absolute atomic E-state index is 12.3. The molecule has 33 heavy (non-hydrogen) atoms. The van der Waals surface area contributed by atoms with Crippen molar-refractivity contribution in [3.8, 4) is 11.8 Å². The average Bonchev–Trinajstić information content (AvgIpc) is 3.13. The molecule has 4 rings (SSSR count). The molecule has 1 unspecified atom stereocenters. The topological polar surface area (TPSA) is 97.5 Å². The number of rotatable bonds is 4. The van der Waals surface area contributed by atoms with E-state index in [4.69, 9.17) is 0 Å². The van der Waals surface area contributed by atoms with Gasteiger partial charge in [0.25, 0.3) is 0 Å². The van der Waals surface area contributed by atoms with Crippen molar-refractivity contribution in [2.75, 3.05) is 30.4 Å². The third-order valence-electron chi connectivity index (χ3n) is 5.79. The number of aryl methyl sites for hydroxylation is 1. The van der Waals surface area contributed by atoms with E-state index in [9.17, 15) is 23.5 Å². The van der Waals surface area contributed by atoms with Crippen molar-refractivity contribution in [3.05, 3.63) is 34.6 Å². The second-order valence-electron chi connectivity index (χ2n) is 8.14. The molecule has 8 nitrogen and oxygen atoms in total. The molecule has 12 heteroatoms. The highest BCUT2D eigenvalue weighted by Gasteiger charge is 2.38. The molecular weight excluding hydrogens is 457 g/mol. The fourth-order valence-electron chi connectivity index (χ4n) is 4.21. The van der Waals surface area contributed by atoms with Gasteiger partial charge in [0.2, 0.25) is 0 Å². The number of likely N-dealkylation sites (tertiary alicyclic amines) is 1. The fraction of sp³-hybridized carbons (Fsp3) is 0.476. The number of alkyl halides is 3. The standard InChI is InChI=1S/C21H23F3N6O2S/c1-11-10-30(18-14(8-25)19(31)29(3)20-17(18)27-12(2)33-20)7-6-15(11)28-16-5-4-13(9-26-16)32-21(22,23)24/h4-5,9,11,15,19,31H,6-7,10H2,1-3H3,(H,26,28)/t11-,15+,19?/m0/s1. The molecule has 4 heterocycles. The van der Waals surface area contributed by atoms with E-state index in [1.54, 1.807) is 11.9 Å². The van der Waals surface area contributed by atoms with E-state index in [1.807, 2.05) is 6.92 Å². The molecule has 0 aromatic carbocycles. The Hall–Kier alpha value is -3.04. The van der Waals surface area contributed by atoms with Crippen LogP contribution >= 0.6 is 11.3 Å². The summed E-state index contributed by atoms with van der Waals surface area (Å²) in [5.74, 6) is 0.208. The summed E-state index contributed by atoms with van der Waals surface area (Å²) >= 11 is 1.47. The van der Waals surface area contributed by atoms with Crippen molar-refractivity contribution in [2.45, 2.75) is 38.9 Å². The van der Waals surface area contributed by atoms with E-state index in [-0.39, 0.29) is 23.3 Å². The molecule has 0 bridgehead atoms. The molecule has 2 aliphatic rings. The van der Waals surface area contributed by atoms with E-state index in [0.717, 1.165) is 16.2 Å². The van der Waals surface area contributed by atoms with Gasteiger partial charge in [0.15, 0.2) is 6.23 Å². The lowest BCUT2D eigenvalue weighted by Gasteiger charge is -2.42. The number of hydrogen-bond acceptors (Lipinski definition) is 9. The van der Waals surface area contributed by atoms with E-state index >= 15 is 0 Å². The van der Waals surface area contributed by atoms with Crippen LogP contribution in [-0.4, -0.2) is 58.7 Å². The van der Waals surface area contributed by atoms with Crippen molar-refractivity contribution < 1.29 is 23.0 Å². The lowest BCUT2D eigenvalue weighted by Crippen LogP contribution is -2.47. The summed E-state index contributed by atoms with van der Waals surface area (Å²) in [7, 11) is 1.74. The number of fused-ring (bicyclic) bond motifs is 1. The summed E-state index contributed by atoms with van der Waals surface area (Å²) in [6.45, 7) is 5.17. The van der Waals surface area contributed by atoms with E-state index in [1.165, 1.54) is 23.5 Å². The molecule has 0 saturated carbocycles. The lowest BCUT2D eigenvalue weighted by molar-refractivity contribution is -0.274. The first-order chi connectivity index (χ1) is 15.6. The highest BCUT2D eigenvalue weighted by atomic mass is 32.1. The molecule has 3 atom stereocenters. The molecule has 2 aromatic rings. The number of nitrogens with one attached hydrogen (secondary N) is 1. The number of aliphatic hydroxyl groups is 1. The number of ether oxygens (including phenoxy) is 1. The smallest absolute Gasteiger partial charge is 0.404 e. The minimum absolute atomic E-state index is 0.0297. The molecule has 176 valence electrons. The first kappa shape index (κ1) is 23.1. The van der Waals surface area contributed by atoms with Crippen LogP contribution in [0.2, 0.25) is 0 Å². The van der Waals surface area contributed by atoms with Gasteiger partial charge in [-0.15, -0.1) is 24.5 Å². The summed E-state index contributed by atoms with van der Waals surface area (Å²) in [4.78, 5) is 12.4. The van der Waals surface area contributed by atoms with Crippen LogP contribution in [0.15, 0.2) is 23.9 Å². The van der Waals surface area contributed by atoms with Gasteiger partial charge in [-0.25, -0.2) is 9.97 Å². The number of hydrogen-bond donors (Lipinski definition) is 2. The van der Waals surface area contributed by atoms with Crippen LogP contribution in [0.25, 0.3) is 5.70 Å². The Labute approximate surface area is 192 Å². The van der Waals surface area contributed by atoms with E-state index in [2.05, 4.69) is 37.9 Å². The van der Waals surface area contributed by atoms with Crippen LogP contribution in [0.3, 0.4) is 0 Å². The molecule has 1 saturated heterocycles. The van der Waals surface area contributed by atoms with Crippen molar-refractivity contribution in [3.63, 3.8) is 0 Å². The number of nitrogens with zero attached hydrogens (tertiary/aromatic N) is 5. The number of aliphatic hydroxyl groups excluding tert-OH is 1. The fourth-order valence-corrected chi connectivity index (χ4v) is 5.11. The lowest BCUT2D eigenvalue weighted by atomic mass is 9.92. The van der Waals surface area contributed by atoms with Crippen LogP contribution in [-0.2, 0) is 0 Å². The van der Waals surface area contributed by atoms with Gasteiger partial charge in [-0.1, -0.05) is 6.92 Å². The Morgan fingerprint density at radius 2 is 2.12 bits per heavy atom. The molecule has 2 aliphatic heterocycles. The maximum atomic E-state index is 12.3. The number of aromatic nitrogens is 2. The molecular formula is C21H23F3N6O2S. The number of piperidine rings is 1. The van der Waals surface area contributed by atoms with Gasteiger partial charge in [0.1, 0.15) is 33.9 Å². The quantitative estimate of drug-likeness (QED) is 0.686. The maximum Gasteiger partial charge on any atom is 0.573 e. The van der Waals surface area contributed by atoms with Gasteiger partial charge in [-0.05, 0) is 31.4 Å². The van der Waals surface area contributed by atoms with Gasteiger partial charge in [-0.2, -0.15) is 5.26 Å². The first-order valence-corrected chi connectivity index (χ1v) is 11.1. The summed E-state index contributed by atoms with van der Waals surface area (Å²) in [6, 6.07) is 4.87. The number of likely N-dealkylation sites (N-methyl/N-ethyl adjacent to an activating group) is 1. The number of halogens is 3. The molecule has 0 aliphatic carbocycles. The second kappa shape index (κ2) is 8.72. The Bertz CT molecular complexity index is 1090. The Balaban J connectivity index is 1.49. The zero-order valence-electron chi connectivity index (χ0n) is 18.2. The number of pyridine rings is 1. The van der Waals surface area contributed by atoms with Gasteiger partial charge in [0.05, 0.1) is 16.9 Å². The zero-order chi connectivity index (χ0) is 23.9. The largest absolute Gasteiger partial charge is 0.573 e. The number of anilines is 2. The number of thiazole rings is 1. The first-order valence-electron chi connectivity index (χ1n) is 10.3. The zero-order valence-corrected chi connectivity index (χ0v) is 19.0. The molecule has 0 radical (unpaired) electrons. The third-order valence-corrected chi connectivity index (χ3v) is 6.85. The monoisotopic (exact) mass is 480 g/mol. The summed E-state index contributed by atoms with van der Waals surface area (Å²) in [5, 5.41) is 25.4. The Morgan fingerprint density at radius 3 is 2.73 bits per heavy atom. The van der Waals surface area contributed by atoms with Crippen LogP contribution in [0.4, 0.5) is 24.0 Å². The second-order valence-corrected chi connectivity index (χ2v) is 9.32. The Morgan fingerprint density at radius 1 is 1.36 bits per heavy atom. The molecule has 2 aromatic heterocycles. The van der Waals surface area contributed by atoms with Crippen LogP contribution < -0.4 is 15.0 Å². The van der Waals surface area contributed by atoms with Crippen molar-refractivity contribution >= 4 is 27.9 Å². The van der Waals surface area contributed by atoms with E-state index < -0.39 is 12.6 Å². The third kappa shape index (κ3) is 4.69. The average molecular weight is 481 g/mol. The summed E-state index contributed by atoms with van der Waals surface area (Å²) in [6.07, 6.45) is -4.06. The van der Waals surface area contributed by atoms with Gasteiger partial charge >= 0.3 is 6.36 Å². The predicted octanol–water partition coefficient (Wildman–Crippen LogP) is 3.57. The highest BCUT2D eigenvalue weighted by molar-refractivity contribution is 7.16.